The fourth-order valence-electron chi connectivity index (χ4n) is 2.11. The van der Waals surface area contributed by atoms with E-state index in [0.717, 1.165) is 0 Å². The van der Waals surface area contributed by atoms with Crippen LogP contribution in [0.15, 0.2) is 0 Å². The Hall–Kier alpha value is -0.780. The van der Waals surface area contributed by atoms with E-state index in [-0.39, 0.29) is 32.3 Å². The average molecular weight is 240 g/mol. The number of hydrogen-bond donors (Lipinski definition) is 1. The lowest BCUT2D eigenvalue weighted by molar-refractivity contribution is -0.203. The Balaban J connectivity index is 2.67. The molecule has 0 aromatic carbocycles. The zero-order valence-electron chi connectivity index (χ0n) is 9.01. The van der Waals surface area contributed by atoms with Crippen molar-refractivity contribution >= 4 is 5.97 Å². The van der Waals surface area contributed by atoms with E-state index in [1.165, 1.54) is 0 Å². The molecule has 0 aliphatic heterocycles. The van der Waals surface area contributed by atoms with Gasteiger partial charge in [0.05, 0.1) is 5.92 Å². The van der Waals surface area contributed by atoms with E-state index in [4.69, 9.17) is 9.84 Å². The van der Waals surface area contributed by atoms with E-state index in [0.29, 0.717) is 0 Å². The van der Waals surface area contributed by atoms with E-state index < -0.39 is 23.7 Å². The second-order valence-electron chi connectivity index (χ2n) is 4.05. The van der Waals surface area contributed by atoms with Gasteiger partial charge >= 0.3 is 12.1 Å². The number of ether oxygens (including phenoxy) is 1. The van der Waals surface area contributed by atoms with Gasteiger partial charge in [-0.15, -0.1) is 0 Å². The lowest BCUT2D eigenvalue weighted by Gasteiger charge is -2.36. The molecule has 1 aliphatic carbocycles. The molecule has 0 unspecified atom stereocenters. The van der Waals surface area contributed by atoms with Crippen molar-refractivity contribution in [1.29, 1.82) is 0 Å². The van der Waals surface area contributed by atoms with Crippen molar-refractivity contribution < 1.29 is 27.8 Å². The van der Waals surface area contributed by atoms with Crippen molar-refractivity contribution in [2.45, 2.75) is 44.4 Å². The third-order valence-corrected chi connectivity index (χ3v) is 3.07. The number of alkyl halides is 3. The highest BCUT2D eigenvalue weighted by Crippen LogP contribution is 2.42. The maximum Gasteiger partial charge on any atom is 0.391 e. The van der Waals surface area contributed by atoms with Crippen LogP contribution >= 0.6 is 0 Å². The summed E-state index contributed by atoms with van der Waals surface area (Å²) >= 11 is 0. The highest BCUT2D eigenvalue weighted by Gasteiger charge is 2.49. The first-order valence-corrected chi connectivity index (χ1v) is 5.26. The molecule has 1 N–H and O–H groups in total. The lowest BCUT2D eigenvalue weighted by Crippen LogP contribution is -2.46. The SMILES string of the molecule is CCOC1(C(=O)O)CCC(C(F)(F)F)CC1. The number of halogens is 3. The fraction of sp³-hybridized carbons (Fsp3) is 0.900. The molecule has 0 bridgehead atoms. The summed E-state index contributed by atoms with van der Waals surface area (Å²) in [5, 5.41) is 9.00. The zero-order chi connectivity index (χ0) is 12.4. The molecule has 6 heteroatoms. The van der Waals surface area contributed by atoms with Crippen LogP contribution in [0.4, 0.5) is 13.2 Å². The maximum absolute atomic E-state index is 12.4. The third-order valence-electron chi connectivity index (χ3n) is 3.07. The van der Waals surface area contributed by atoms with Crippen molar-refractivity contribution in [1.82, 2.24) is 0 Å². The van der Waals surface area contributed by atoms with Crippen LogP contribution in [0, 0.1) is 5.92 Å². The summed E-state index contributed by atoms with van der Waals surface area (Å²) in [5.74, 6) is -2.55. The van der Waals surface area contributed by atoms with Gasteiger partial charge in [-0.2, -0.15) is 13.2 Å². The Labute approximate surface area is 91.6 Å². The number of carboxylic acid groups (broad SMARTS) is 1. The topological polar surface area (TPSA) is 46.5 Å². The van der Waals surface area contributed by atoms with Crippen molar-refractivity contribution in [3.8, 4) is 0 Å². The second kappa shape index (κ2) is 4.61. The van der Waals surface area contributed by atoms with E-state index in [1.54, 1.807) is 6.92 Å². The molecule has 1 rings (SSSR count). The van der Waals surface area contributed by atoms with Crippen LogP contribution in [-0.4, -0.2) is 29.5 Å². The molecule has 0 spiro atoms. The monoisotopic (exact) mass is 240 g/mol. The first kappa shape index (κ1) is 13.3. The Kier molecular flexibility index (Phi) is 3.83. The van der Waals surface area contributed by atoms with Crippen molar-refractivity contribution in [3.05, 3.63) is 0 Å². The van der Waals surface area contributed by atoms with Gasteiger partial charge in [-0.05, 0) is 32.6 Å². The van der Waals surface area contributed by atoms with Gasteiger partial charge in [0.15, 0.2) is 5.60 Å². The lowest BCUT2D eigenvalue weighted by atomic mass is 9.78. The van der Waals surface area contributed by atoms with Gasteiger partial charge in [-0.3, -0.25) is 0 Å². The van der Waals surface area contributed by atoms with Crippen LogP contribution in [0.1, 0.15) is 32.6 Å². The van der Waals surface area contributed by atoms with Crippen LogP contribution in [0.25, 0.3) is 0 Å². The summed E-state index contributed by atoms with van der Waals surface area (Å²) in [6.45, 7) is 1.84. The molecular formula is C10H15F3O3. The molecule has 1 aliphatic rings. The molecule has 16 heavy (non-hydrogen) atoms. The molecule has 94 valence electrons. The molecule has 1 fully saturated rings. The molecular weight excluding hydrogens is 225 g/mol. The summed E-state index contributed by atoms with van der Waals surface area (Å²) < 4.78 is 42.3. The van der Waals surface area contributed by atoms with Gasteiger partial charge in [-0.1, -0.05) is 0 Å². The Morgan fingerprint density at radius 2 is 1.94 bits per heavy atom. The minimum absolute atomic E-state index is 0.0691. The van der Waals surface area contributed by atoms with Gasteiger partial charge in [0.2, 0.25) is 0 Å². The van der Waals surface area contributed by atoms with E-state index in [9.17, 15) is 18.0 Å². The predicted octanol–water partition coefficient (Wildman–Crippen LogP) is 2.60. The van der Waals surface area contributed by atoms with Crippen molar-refractivity contribution in [3.63, 3.8) is 0 Å². The summed E-state index contributed by atoms with van der Waals surface area (Å²) in [6.07, 6.45) is -4.71. The number of rotatable bonds is 3. The summed E-state index contributed by atoms with van der Waals surface area (Å²) in [5.41, 5.74) is -1.41. The first-order valence-electron chi connectivity index (χ1n) is 5.26. The smallest absolute Gasteiger partial charge is 0.391 e. The van der Waals surface area contributed by atoms with E-state index in [2.05, 4.69) is 0 Å². The van der Waals surface area contributed by atoms with Crippen LogP contribution in [0.5, 0.6) is 0 Å². The fourth-order valence-corrected chi connectivity index (χ4v) is 2.11. The summed E-state index contributed by atoms with van der Waals surface area (Å²) in [7, 11) is 0. The van der Waals surface area contributed by atoms with Gasteiger partial charge in [0, 0.05) is 6.61 Å². The molecule has 3 nitrogen and oxygen atoms in total. The molecule has 0 amide bonds. The number of aliphatic carboxylic acids is 1. The first-order chi connectivity index (χ1) is 7.32. The van der Waals surface area contributed by atoms with Gasteiger partial charge in [0.1, 0.15) is 0 Å². The average Bonchev–Trinajstić information content (AvgIpc) is 2.17. The number of carbonyl (C=O) groups is 1. The molecule has 1 saturated carbocycles. The second-order valence-corrected chi connectivity index (χ2v) is 4.05. The van der Waals surface area contributed by atoms with Gasteiger partial charge in [0.25, 0.3) is 0 Å². The molecule has 0 aromatic heterocycles. The van der Waals surface area contributed by atoms with Crippen LogP contribution < -0.4 is 0 Å². The standard InChI is InChI=1S/C10H15F3O3/c1-2-16-9(8(14)15)5-3-7(4-6-9)10(11,12)13/h7H,2-6H2,1H3,(H,14,15). The van der Waals surface area contributed by atoms with Gasteiger partial charge in [-0.25, -0.2) is 4.79 Å². The highest BCUT2D eigenvalue weighted by molar-refractivity contribution is 5.77. The Morgan fingerprint density at radius 1 is 1.44 bits per heavy atom. The molecule has 0 radical (unpaired) electrons. The minimum Gasteiger partial charge on any atom is -0.479 e. The van der Waals surface area contributed by atoms with E-state index >= 15 is 0 Å². The summed E-state index contributed by atoms with van der Waals surface area (Å²) in [4.78, 5) is 11.0. The zero-order valence-corrected chi connectivity index (χ0v) is 9.01. The normalized spacial score (nSPS) is 31.4. The van der Waals surface area contributed by atoms with Crippen LogP contribution in [-0.2, 0) is 9.53 Å². The quantitative estimate of drug-likeness (QED) is 0.824. The highest BCUT2D eigenvalue weighted by atomic mass is 19.4. The maximum atomic E-state index is 12.4. The molecule has 0 atom stereocenters. The predicted molar refractivity (Wildman–Crippen MR) is 50.0 cm³/mol. The number of hydrogen-bond acceptors (Lipinski definition) is 2. The van der Waals surface area contributed by atoms with Crippen LogP contribution in [0.3, 0.4) is 0 Å². The largest absolute Gasteiger partial charge is 0.479 e. The van der Waals surface area contributed by atoms with Crippen molar-refractivity contribution in [2.24, 2.45) is 5.92 Å². The van der Waals surface area contributed by atoms with Crippen LogP contribution in [0.2, 0.25) is 0 Å². The molecule has 0 saturated heterocycles. The Morgan fingerprint density at radius 3 is 2.25 bits per heavy atom. The van der Waals surface area contributed by atoms with E-state index in [1.807, 2.05) is 0 Å². The van der Waals surface area contributed by atoms with Gasteiger partial charge < -0.3 is 9.84 Å². The number of carboxylic acids is 1. The molecule has 0 heterocycles. The summed E-state index contributed by atoms with van der Waals surface area (Å²) in [6, 6.07) is 0. The minimum atomic E-state index is -4.23. The third kappa shape index (κ3) is 2.66. The van der Waals surface area contributed by atoms with Crippen molar-refractivity contribution in [2.75, 3.05) is 6.61 Å². The molecule has 0 aromatic rings. The Bertz CT molecular complexity index is 255.